The minimum Gasteiger partial charge on any atom is -0.340 e. The Bertz CT molecular complexity index is 908. The molecule has 10 heteroatoms. The normalized spacial score (nSPS) is 17.6. The number of fused-ring (bicyclic) bond motifs is 1. The molecule has 3 rings (SSSR count). The Morgan fingerprint density at radius 1 is 1.36 bits per heavy atom. The Kier molecular flexibility index (Phi) is 5.39. The maximum atomic E-state index is 13.0. The zero-order valence-corrected chi connectivity index (χ0v) is 15.3. The number of rotatable bonds is 4. The Balaban J connectivity index is 1.80. The summed E-state index contributed by atoms with van der Waals surface area (Å²) < 4.78 is 40.4. The Morgan fingerprint density at radius 3 is 2.79 bits per heavy atom. The number of nitrogens with zero attached hydrogens (tertiary/aromatic N) is 5. The van der Waals surface area contributed by atoms with Gasteiger partial charge < -0.3 is 9.80 Å². The molecule has 2 amide bonds. The van der Waals surface area contributed by atoms with E-state index in [1.165, 1.54) is 22.4 Å². The Hall–Kier alpha value is -2.91. The second kappa shape index (κ2) is 7.61. The number of carbonyl (C=O) groups excluding carboxylic acids is 2. The van der Waals surface area contributed by atoms with Gasteiger partial charge in [-0.3, -0.25) is 14.0 Å². The van der Waals surface area contributed by atoms with Crippen LogP contribution in [-0.2, 0) is 15.8 Å². The Labute approximate surface area is 159 Å². The monoisotopic (exact) mass is 395 g/mol. The highest BCUT2D eigenvalue weighted by atomic mass is 19.4. The number of halogens is 3. The van der Waals surface area contributed by atoms with Crippen molar-refractivity contribution in [1.29, 1.82) is 0 Å². The molecule has 0 saturated carbocycles. The molecule has 150 valence electrons. The van der Waals surface area contributed by atoms with Crippen LogP contribution < -0.4 is 0 Å². The molecular weight excluding hydrogens is 375 g/mol. The third-order valence-electron chi connectivity index (χ3n) is 4.82. The number of pyridine rings is 1. The standard InChI is InChI=1S/C18H20F3N5O2/c1-3-15(27)24(2)11-16(28)25-8-4-5-12(9-25)17-23-22-14-7-6-13(10-26(14)17)18(19,20)21/h3,6-7,10,12H,1,4-5,8-9,11H2,2H3. The van der Waals surface area contributed by atoms with Crippen molar-refractivity contribution in [3.8, 4) is 0 Å². The maximum Gasteiger partial charge on any atom is 0.417 e. The first-order chi connectivity index (χ1) is 13.2. The molecule has 0 aromatic carbocycles. The van der Waals surface area contributed by atoms with Crippen LogP contribution in [-0.4, -0.2) is 62.9 Å². The first-order valence-corrected chi connectivity index (χ1v) is 8.78. The first kappa shape index (κ1) is 19.8. The fourth-order valence-electron chi connectivity index (χ4n) is 3.31. The summed E-state index contributed by atoms with van der Waals surface area (Å²) >= 11 is 0. The predicted octanol–water partition coefficient (Wildman–Crippen LogP) is 2.10. The van der Waals surface area contributed by atoms with Gasteiger partial charge in [-0.2, -0.15) is 13.2 Å². The van der Waals surface area contributed by atoms with Gasteiger partial charge in [0.15, 0.2) is 5.65 Å². The molecule has 1 atom stereocenters. The van der Waals surface area contributed by atoms with Gasteiger partial charge in [-0.15, -0.1) is 10.2 Å². The van der Waals surface area contributed by atoms with Crippen molar-refractivity contribution in [3.05, 3.63) is 42.4 Å². The SMILES string of the molecule is C=CC(=O)N(C)CC(=O)N1CCCC(c2nnc3ccc(C(F)(F)F)cn23)C1. The van der Waals surface area contributed by atoms with Crippen LogP contribution >= 0.6 is 0 Å². The third-order valence-corrected chi connectivity index (χ3v) is 4.82. The molecule has 1 saturated heterocycles. The van der Waals surface area contributed by atoms with Gasteiger partial charge in [0.25, 0.3) is 0 Å². The molecule has 0 bridgehead atoms. The second-order valence-electron chi connectivity index (χ2n) is 6.78. The lowest BCUT2D eigenvalue weighted by Gasteiger charge is -2.33. The molecule has 1 fully saturated rings. The molecule has 7 nitrogen and oxygen atoms in total. The van der Waals surface area contributed by atoms with E-state index in [4.69, 9.17) is 0 Å². The second-order valence-corrected chi connectivity index (χ2v) is 6.78. The van der Waals surface area contributed by atoms with Crippen LogP contribution in [0.3, 0.4) is 0 Å². The van der Waals surface area contributed by atoms with Gasteiger partial charge in [0.1, 0.15) is 5.82 Å². The van der Waals surface area contributed by atoms with Crippen LogP contribution in [0, 0.1) is 0 Å². The van der Waals surface area contributed by atoms with Crippen LogP contribution in [0.25, 0.3) is 5.65 Å². The molecule has 0 N–H and O–H groups in total. The van der Waals surface area contributed by atoms with Gasteiger partial charge >= 0.3 is 6.18 Å². The fraction of sp³-hybridized carbons (Fsp3) is 0.444. The van der Waals surface area contributed by atoms with E-state index in [0.717, 1.165) is 18.3 Å². The van der Waals surface area contributed by atoms with E-state index >= 15 is 0 Å². The van der Waals surface area contributed by atoms with E-state index in [1.54, 1.807) is 4.90 Å². The molecule has 0 spiro atoms. The lowest BCUT2D eigenvalue weighted by molar-refractivity contribution is -0.138. The number of hydrogen-bond acceptors (Lipinski definition) is 4. The summed E-state index contributed by atoms with van der Waals surface area (Å²) in [5, 5.41) is 8.02. The van der Waals surface area contributed by atoms with E-state index in [-0.39, 0.29) is 24.3 Å². The molecular formula is C18H20F3N5O2. The summed E-state index contributed by atoms with van der Waals surface area (Å²) in [6, 6.07) is 2.25. The molecule has 1 aliphatic heterocycles. The average molecular weight is 395 g/mol. The average Bonchev–Trinajstić information content (AvgIpc) is 3.09. The number of hydrogen-bond donors (Lipinski definition) is 0. The lowest BCUT2D eigenvalue weighted by Crippen LogP contribution is -2.45. The van der Waals surface area contributed by atoms with Gasteiger partial charge in [-0.05, 0) is 31.1 Å². The number of alkyl halides is 3. The molecule has 3 heterocycles. The number of amides is 2. The number of carbonyl (C=O) groups is 2. The smallest absolute Gasteiger partial charge is 0.340 e. The third kappa shape index (κ3) is 4.00. The summed E-state index contributed by atoms with van der Waals surface area (Å²) in [7, 11) is 1.51. The Morgan fingerprint density at radius 2 is 2.11 bits per heavy atom. The van der Waals surface area contributed by atoms with Crippen LogP contribution in [0.15, 0.2) is 31.0 Å². The number of likely N-dealkylation sites (N-methyl/N-ethyl adjacent to an activating group) is 1. The molecule has 28 heavy (non-hydrogen) atoms. The summed E-state index contributed by atoms with van der Waals surface area (Å²) in [6.07, 6.45) is -0.979. The van der Waals surface area contributed by atoms with Crippen molar-refractivity contribution in [2.75, 3.05) is 26.7 Å². The lowest BCUT2D eigenvalue weighted by atomic mass is 9.97. The van der Waals surface area contributed by atoms with Crippen LogP contribution in [0.5, 0.6) is 0 Å². The van der Waals surface area contributed by atoms with Crippen LogP contribution in [0.4, 0.5) is 13.2 Å². The minimum atomic E-state index is -4.47. The van der Waals surface area contributed by atoms with Crippen molar-refractivity contribution in [1.82, 2.24) is 24.4 Å². The van der Waals surface area contributed by atoms with Crippen molar-refractivity contribution in [3.63, 3.8) is 0 Å². The van der Waals surface area contributed by atoms with Crippen molar-refractivity contribution in [2.24, 2.45) is 0 Å². The minimum absolute atomic E-state index is 0.0869. The van der Waals surface area contributed by atoms with Gasteiger partial charge in [-0.25, -0.2) is 0 Å². The maximum absolute atomic E-state index is 13.0. The fourth-order valence-corrected chi connectivity index (χ4v) is 3.31. The summed E-state index contributed by atoms with van der Waals surface area (Å²) in [4.78, 5) is 26.9. The van der Waals surface area contributed by atoms with E-state index in [2.05, 4.69) is 16.8 Å². The van der Waals surface area contributed by atoms with Gasteiger partial charge in [0.2, 0.25) is 11.8 Å². The van der Waals surface area contributed by atoms with E-state index in [0.29, 0.717) is 37.4 Å². The van der Waals surface area contributed by atoms with Gasteiger partial charge in [0.05, 0.1) is 12.1 Å². The number of likely N-dealkylation sites (tertiary alicyclic amines) is 1. The predicted molar refractivity (Wildman–Crippen MR) is 94.4 cm³/mol. The van der Waals surface area contributed by atoms with Gasteiger partial charge in [0, 0.05) is 32.3 Å². The van der Waals surface area contributed by atoms with Crippen molar-refractivity contribution in [2.45, 2.75) is 24.9 Å². The largest absolute Gasteiger partial charge is 0.417 e. The summed E-state index contributed by atoms with van der Waals surface area (Å²) in [5.41, 5.74) is -0.461. The van der Waals surface area contributed by atoms with E-state index < -0.39 is 11.7 Å². The van der Waals surface area contributed by atoms with Gasteiger partial charge in [-0.1, -0.05) is 6.58 Å². The highest BCUT2D eigenvalue weighted by molar-refractivity contribution is 5.90. The highest BCUT2D eigenvalue weighted by Gasteiger charge is 2.33. The number of aromatic nitrogens is 3. The molecule has 2 aromatic rings. The van der Waals surface area contributed by atoms with Crippen LogP contribution in [0.2, 0.25) is 0 Å². The molecule has 0 radical (unpaired) electrons. The quantitative estimate of drug-likeness (QED) is 0.744. The first-order valence-electron chi connectivity index (χ1n) is 8.78. The molecule has 1 unspecified atom stereocenters. The zero-order valence-electron chi connectivity index (χ0n) is 15.3. The molecule has 1 aliphatic rings. The number of piperidine rings is 1. The molecule has 0 aliphatic carbocycles. The van der Waals surface area contributed by atoms with E-state index in [1.807, 2.05) is 0 Å². The van der Waals surface area contributed by atoms with Crippen LogP contribution in [0.1, 0.15) is 30.1 Å². The van der Waals surface area contributed by atoms with Crippen molar-refractivity contribution < 1.29 is 22.8 Å². The summed E-state index contributed by atoms with van der Waals surface area (Å²) in [5.74, 6) is -0.428. The summed E-state index contributed by atoms with van der Waals surface area (Å²) in [6.45, 7) is 4.13. The highest BCUT2D eigenvalue weighted by Crippen LogP contribution is 2.31. The topological polar surface area (TPSA) is 70.8 Å². The zero-order chi connectivity index (χ0) is 20.5. The molecule has 2 aromatic heterocycles. The van der Waals surface area contributed by atoms with E-state index in [9.17, 15) is 22.8 Å². The van der Waals surface area contributed by atoms with Crippen molar-refractivity contribution >= 4 is 17.5 Å².